The maximum Gasteiger partial charge on any atom is 0.260 e. The van der Waals surface area contributed by atoms with Gasteiger partial charge in [-0.15, -0.1) is 0 Å². The molecule has 0 spiro atoms. The first-order valence-corrected chi connectivity index (χ1v) is 6.73. The van der Waals surface area contributed by atoms with Crippen molar-refractivity contribution in [1.29, 1.82) is 0 Å². The largest absolute Gasteiger partial charge is 0.477 e. The Hall–Kier alpha value is -2.64. The summed E-state index contributed by atoms with van der Waals surface area (Å²) < 4.78 is 70.3. The number of nitrogens with zero attached hydrogens (tertiary/aromatic N) is 1. The third kappa shape index (κ3) is 4.01. The number of hydrogen-bond acceptors (Lipinski definition) is 2. The van der Waals surface area contributed by atoms with Crippen LogP contribution in [-0.2, 0) is 11.3 Å². The first-order valence-electron chi connectivity index (χ1n) is 6.73. The summed E-state index contributed by atoms with van der Waals surface area (Å²) in [5.74, 6) is -9.12. The standard InChI is InChI=1S/C16H12F5NO2/c1-22(7-9-2-4-10(17)5-3-9)13(23)8-24-16-14(20)11(18)6-12(19)15(16)21/h2-6H,7-8H2,1H3. The van der Waals surface area contributed by atoms with Crippen LogP contribution in [0, 0.1) is 29.1 Å². The van der Waals surface area contributed by atoms with Gasteiger partial charge in [-0.1, -0.05) is 12.1 Å². The molecular weight excluding hydrogens is 333 g/mol. The van der Waals surface area contributed by atoms with E-state index in [1.165, 1.54) is 31.3 Å². The van der Waals surface area contributed by atoms with Crippen molar-refractivity contribution < 1.29 is 31.5 Å². The van der Waals surface area contributed by atoms with E-state index < -0.39 is 47.3 Å². The lowest BCUT2D eigenvalue weighted by molar-refractivity contribution is -0.132. The Labute approximate surface area is 134 Å². The molecule has 2 aromatic rings. The van der Waals surface area contributed by atoms with Crippen molar-refractivity contribution in [2.45, 2.75) is 6.54 Å². The third-order valence-electron chi connectivity index (χ3n) is 3.17. The molecule has 0 aromatic heterocycles. The molecule has 0 aliphatic heterocycles. The molecule has 0 fully saturated rings. The van der Waals surface area contributed by atoms with Gasteiger partial charge in [0.05, 0.1) is 0 Å². The second kappa shape index (κ2) is 7.29. The van der Waals surface area contributed by atoms with Crippen molar-refractivity contribution in [2.75, 3.05) is 13.7 Å². The van der Waals surface area contributed by atoms with Crippen LogP contribution in [0.4, 0.5) is 22.0 Å². The van der Waals surface area contributed by atoms with Gasteiger partial charge in [0.15, 0.2) is 24.0 Å². The van der Waals surface area contributed by atoms with Crippen LogP contribution in [0.25, 0.3) is 0 Å². The fourth-order valence-electron chi connectivity index (χ4n) is 1.87. The molecule has 0 atom stereocenters. The first kappa shape index (κ1) is 17.7. The molecule has 2 rings (SSSR count). The summed E-state index contributed by atoms with van der Waals surface area (Å²) >= 11 is 0. The molecule has 8 heteroatoms. The summed E-state index contributed by atoms with van der Waals surface area (Å²) in [7, 11) is 1.38. The van der Waals surface area contributed by atoms with Crippen LogP contribution in [0.2, 0.25) is 0 Å². The van der Waals surface area contributed by atoms with E-state index in [9.17, 15) is 26.7 Å². The van der Waals surface area contributed by atoms with Crippen LogP contribution in [0.3, 0.4) is 0 Å². The van der Waals surface area contributed by atoms with E-state index in [1.807, 2.05) is 0 Å². The molecule has 0 bridgehead atoms. The Bertz CT molecular complexity index is 723. The van der Waals surface area contributed by atoms with Crippen LogP contribution in [0.1, 0.15) is 5.56 Å². The van der Waals surface area contributed by atoms with Crippen molar-refractivity contribution in [3.05, 3.63) is 65.0 Å². The normalized spacial score (nSPS) is 10.6. The number of rotatable bonds is 5. The molecule has 2 aromatic carbocycles. The highest BCUT2D eigenvalue weighted by molar-refractivity contribution is 5.77. The van der Waals surface area contributed by atoms with Gasteiger partial charge in [0.25, 0.3) is 5.91 Å². The van der Waals surface area contributed by atoms with E-state index >= 15 is 0 Å². The van der Waals surface area contributed by atoms with Gasteiger partial charge in [0, 0.05) is 19.7 Å². The minimum atomic E-state index is -1.72. The van der Waals surface area contributed by atoms with E-state index in [-0.39, 0.29) is 12.6 Å². The van der Waals surface area contributed by atoms with E-state index in [1.54, 1.807) is 0 Å². The molecule has 24 heavy (non-hydrogen) atoms. The first-order chi connectivity index (χ1) is 11.3. The van der Waals surface area contributed by atoms with Gasteiger partial charge in [-0.05, 0) is 17.7 Å². The molecule has 0 saturated carbocycles. The Morgan fingerprint density at radius 2 is 1.54 bits per heavy atom. The van der Waals surface area contributed by atoms with Crippen LogP contribution < -0.4 is 4.74 Å². The highest BCUT2D eigenvalue weighted by Gasteiger charge is 2.22. The van der Waals surface area contributed by atoms with Gasteiger partial charge >= 0.3 is 0 Å². The summed E-state index contributed by atoms with van der Waals surface area (Å²) in [6.07, 6.45) is 0. The predicted octanol–water partition coefficient (Wildman–Crippen LogP) is 3.42. The zero-order valence-corrected chi connectivity index (χ0v) is 12.5. The lowest BCUT2D eigenvalue weighted by atomic mass is 10.2. The van der Waals surface area contributed by atoms with Crippen molar-refractivity contribution >= 4 is 5.91 Å². The number of amides is 1. The summed E-state index contributed by atoms with van der Waals surface area (Å²) in [6, 6.07) is 5.39. The quantitative estimate of drug-likeness (QED) is 0.614. The molecule has 0 saturated heterocycles. The average Bonchev–Trinajstić information content (AvgIpc) is 2.55. The summed E-state index contributed by atoms with van der Waals surface area (Å²) in [4.78, 5) is 13.0. The van der Waals surface area contributed by atoms with Gasteiger partial charge in [-0.25, -0.2) is 13.2 Å². The molecule has 0 aliphatic rings. The van der Waals surface area contributed by atoms with Gasteiger partial charge < -0.3 is 9.64 Å². The van der Waals surface area contributed by atoms with E-state index in [4.69, 9.17) is 0 Å². The number of halogens is 5. The summed E-state index contributed by atoms with van der Waals surface area (Å²) in [5.41, 5.74) is 0.612. The van der Waals surface area contributed by atoms with Gasteiger partial charge in [0.2, 0.25) is 11.6 Å². The highest BCUT2D eigenvalue weighted by atomic mass is 19.2. The predicted molar refractivity (Wildman–Crippen MR) is 74.6 cm³/mol. The molecule has 0 unspecified atom stereocenters. The average molecular weight is 345 g/mol. The van der Waals surface area contributed by atoms with Crippen LogP contribution in [-0.4, -0.2) is 24.5 Å². The molecule has 0 N–H and O–H groups in total. The molecule has 3 nitrogen and oxygen atoms in total. The smallest absolute Gasteiger partial charge is 0.260 e. The van der Waals surface area contributed by atoms with Crippen LogP contribution in [0.5, 0.6) is 5.75 Å². The SMILES string of the molecule is CN(Cc1ccc(F)cc1)C(=O)COc1c(F)c(F)cc(F)c1F. The number of ether oxygens (including phenoxy) is 1. The van der Waals surface area contributed by atoms with Crippen molar-refractivity contribution in [1.82, 2.24) is 4.90 Å². The molecule has 1 amide bonds. The molecule has 128 valence electrons. The Morgan fingerprint density at radius 3 is 2.08 bits per heavy atom. The van der Waals surface area contributed by atoms with Crippen molar-refractivity contribution in [2.24, 2.45) is 0 Å². The van der Waals surface area contributed by atoms with E-state index in [0.717, 1.165) is 4.90 Å². The Kier molecular flexibility index (Phi) is 5.38. The number of carbonyl (C=O) groups excluding carboxylic acids is 1. The Balaban J connectivity index is 2.01. The van der Waals surface area contributed by atoms with Crippen molar-refractivity contribution in [3.63, 3.8) is 0 Å². The number of carbonyl (C=O) groups is 1. The number of likely N-dealkylation sites (N-methyl/N-ethyl adjacent to an activating group) is 1. The molecule has 0 radical (unpaired) electrons. The number of hydrogen-bond donors (Lipinski definition) is 0. The van der Waals surface area contributed by atoms with E-state index in [0.29, 0.717) is 5.56 Å². The zero-order chi connectivity index (χ0) is 17.9. The topological polar surface area (TPSA) is 29.5 Å². The molecule has 0 heterocycles. The zero-order valence-electron chi connectivity index (χ0n) is 12.5. The van der Waals surface area contributed by atoms with Crippen LogP contribution in [0.15, 0.2) is 30.3 Å². The van der Waals surface area contributed by atoms with Gasteiger partial charge in [0.1, 0.15) is 5.82 Å². The maximum atomic E-state index is 13.4. The maximum absolute atomic E-state index is 13.4. The van der Waals surface area contributed by atoms with E-state index in [2.05, 4.69) is 4.74 Å². The molecule has 0 aliphatic carbocycles. The fourth-order valence-corrected chi connectivity index (χ4v) is 1.87. The minimum absolute atomic E-state index is 0.0417. The van der Waals surface area contributed by atoms with Gasteiger partial charge in [-0.3, -0.25) is 4.79 Å². The second-order valence-corrected chi connectivity index (χ2v) is 4.96. The lowest BCUT2D eigenvalue weighted by Gasteiger charge is -2.18. The summed E-state index contributed by atoms with van der Waals surface area (Å²) in [6.45, 7) is -0.737. The van der Waals surface area contributed by atoms with Crippen molar-refractivity contribution in [3.8, 4) is 5.75 Å². The monoisotopic (exact) mass is 345 g/mol. The van der Waals surface area contributed by atoms with Gasteiger partial charge in [-0.2, -0.15) is 8.78 Å². The van der Waals surface area contributed by atoms with Crippen LogP contribution >= 0.6 is 0 Å². The molecular formula is C16H12F5NO2. The third-order valence-corrected chi connectivity index (χ3v) is 3.17. The second-order valence-electron chi connectivity index (χ2n) is 4.96. The fraction of sp³-hybridized carbons (Fsp3) is 0.188. The Morgan fingerprint density at radius 1 is 1.00 bits per heavy atom. The minimum Gasteiger partial charge on any atom is -0.477 e. The summed E-state index contributed by atoms with van der Waals surface area (Å²) in [5, 5.41) is 0. The number of benzene rings is 2. The highest BCUT2D eigenvalue weighted by Crippen LogP contribution is 2.26. The lowest BCUT2D eigenvalue weighted by Crippen LogP contribution is -2.31.